The Morgan fingerprint density at radius 3 is 2.19 bits per heavy atom. The van der Waals surface area contributed by atoms with E-state index in [9.17, 15) is 14.7 Å². The molecule has 0 spiro atoms. The van der Waals surface area contributed by atoms with E-state index in [4.69, 9.17) is 10.8 Å². The van der Waals surface area contributed by atoms with Gasteiger partial charge in [-0.1, -0.05) is 24.3 Å². The summed E-state index contributed by atoms with van der Waals surface area (Å²) in [5, 5.41) is 25.4. The minimum absolute atomic E-state index is 0.201. The van der Waals surface area contributed by atoms with Crippen molar-refractivity contribution in [2.75, 3.05) is 0 Å². The Morgan fingerprint density at radius 2 is 1.59 bits per heavy atom. The Kier molecular flexibility index (Phi) is 5.21. The van der Waals surface area contributed by atoms with Crippen molar-refractivity contribution in [3.05, 3.63) is 82.2 Å². The molecule has 0 saturated carbocycles. The Balaban J connectivity index is 1.77. The fraction of sp³-hybridized carbons (Fsp3) is 0.150. The van der Waals surface area contributed by atoms with Crippen molar-refractivity contribution in [2.45, 2.75) is 19.3 Å². The van der Waals surface area contributed by atoms with E-state index >= 15 is 0 Å². The maximum atomic E-state index is 11.9. The highest BCUT2D eigenvalue weighted by Gasteiger charge is 2.18. The minimum Gasteiger partial charge on any atom is -0.508 e. The molecule has 3 aromatic rings. The third-order valence-electron chi connectivity index (χ3n) is 4.33. The maximum absolute atomic E-state index is 11.9. The molecule has 0 bridgehead atoms. The van der Waals surface area contributed by atoms with Crippen LogP contribution in [-0.2, 0) is 19.3 Å². The number of carbonyl (C=O) groups excluding carboxylic acids is 1. The van der Waals surface area contributed by atoms with Crippen LogP contribution >= 0.6 is 0 Å². The predicted octanol–water partition coefficient (Wildman–Crippen LogP) is 2.29. The largest absolute Gasteiger partial charge is 0.508 e. The Morgan fingerprint density at radius 1 is 0.963 bits per heavy atom. The van der Waals surface area contributed by atoms with Crippen LogP contribution in [0.4, 0.5) is 0 Å². The number of H-pyrrole nitrogens is 1. The molecular formula is C20H19N3O4. The number of hydrogen-bond acceptors (Lipinski definition) is 4. The first-order chi connectivity index (χ1) is 12.9. The van der Waals surface area contributed by atoms with Crippen LogP contribution in [0.25, 0.3) is 0 Å². The number of aromatic nitrogens is 2. The van der Waals surface area contributed by atoms with E-state index in [0.717, 1.165) is 11.1 Å². The molecule has 5 N–H and O–H groups in total. The second-order valence-corrected chi connectivity index (χ2v) is 6.23. The highest BCUT2D eigenvalue weighted by atomic mass is 16.4. The number of carbonyl (C=O) groups is 2. The molecule has 0 aliphatic heterocycles. The van der Waals surface area contributed by atoms with Crippen LogP contribution in [0.15, 0.2) is 48.5 Å². The summed E-state index contributed by atoms with van der Waals surface area (Å²) in [7, 11) is 0. The number of primary amides is 1. The Labute approximate surface area is 155 Å². The second kappa shape index (κ2) is 7.74. The lowest BCUT2D eigenvalue weighted by molar-refractivity contribution is 0.0696. The van der Waals surface area contributed by atoms with Crippen molar-refractivity contribution in [1.82, 2.24) is 10.2 Å². The van der Waals surface area contributed by atoms with Crippen LogP contribution in [0.3, 0.4) is 0 Å². The summed E-state index contributed by atoms with van der Waals surface area (Å²) in [6.45, 7) is 0. The lowest BCUT2D eigenvalue weighted by atomic mass is 10.0. The first-order valence-electron chi connectivity index (χ1n) is 8.40. The topological polar surface area (TPSA) is 129 Å². The van der Waals surface area contributed by atoms with Gasteiger partial charge in [0.2, 0.25) is 0 Å². The number of carboxylic acid groups (broad SMARTS) is 1. The van der Waals surface area contributed by atoms with Crippen molar-refractivity contribution >= 4 is 11.9 Å². The number of aromatic hydroxyl groups is 1. The molecule has 0 saturated heterocycles. The van der Waals surface area contributed by atoms with Gasteiger partial charge in [0.15, 0.2) is 0 Å². The molecule has 7 heteroatoms. The third kappa shape index (κ3) is 4.33. The van der Waals surface area contributed by atoms with Gasteiger partial charge in [-0.15, -0.1) is 0 Å². The molecule has 3 rings (SSSR count). The van der Waals surface area contributed by atoms with Gasteiger partial charge >= 0.3 is 5.97 Å². The normalized spacial score (nSPS) is 10.7. The average molecular weight is 365 g/mol. The molecule has 0 aliphatic rings. The lowest BCUT2D eigenvalue weighted by Crippen LogP contribution is -2.15. The van der Waals surface area contributed by atoms with Gasteiger partial charge in [-0.25, -0.2) is 4.79 Å². The SMILES string of the molecule is NC(=O)c1c(CCc2ccc(O)cc2)n[nH]c1Cc1ccc(C(=O)O)cc1. The highest BCUT2D eigenvalue weighted by Crippen LogP contribution is 2.18. The molecule has 138 valence electrons. The van der Waals surface area contributed by atoms with Gasteiger partial charge in [-0.05, 0) is 48.2 Å². The summed E-state index contributed by atoms with van der Waals surface area (Å²) >= 11 is 0. The Bertz CT molecular complexity index is 960. The number of amides is 1. The predicted molar refractivity (Wildman–Crippen MR) is 98.8 cm³/mol. The monoisotopic (exact) mass is 365 g/mol. The van der Waals surface area contributed by atoms with Crippen molar-refractivity contribution in [3.8, 4) is 5.75 Å². The molecule has 0 unspecified atom stereocenters. The summed E-state index contributed by atoms with van der Waals surface area (Å²) in [4.78, 5) is 22.9. The number of nitrogens with two attached hydrogens (primary N) is 1. The Hall–Kier alpha value is -3.61. The molecule has 0 radical (unpaired) electrons. The maximum Gasteiger partial charge on any atom is 0.335 e. The van der Waals surface area contributed by atoms with E-state index in [1.807, 2.05) is 12.1 Å². The highest BCUT2D eigenvalue weighted by molar-refractivity contribution is 5.95. The number of aryl methyl sites for hydroxylation is 2. The second-order valence-electron chi connectivity index (χ2n) is 6.23. The van der Waals surface area contributed by atoms with E-state index in [1.54, 1.807) is 24.3 Å². The van der Waals surface area contributed by atoms with Crippen LogP contribution in [-0.4, -0.2) is 32.3 Å². The molecule has 7 nitrogen and oxygen atoms in total. The van der Waals surface area contributed by atoms with Crippen molar-refractivity contribution in [3.63, 3.8) is 0 Å². The number of phenolic OH excluding ortho intramolecular Hbond substituents is 1. The average Bonchev–Trinajstić information content (AvgIpc) is 3.04. The van der Waals surface area contributed by atoms with Gasteiger partial charge in [0, 0.05) is 6.42 Å². The fourth-order valence-electron chi connectivity index (χ4n) is 2.92. The van der Waals surface area contributed by atoms with Crippen LogP contribution < -0.4 is 5.73 Å². The molecule has 0 fully saturated rings. The fourth-order valence-corrected chi connectivity index (χ4v) is 2.92. The zero-order valence-electron chi connectivity index (χ0n) is 14.5. The van der Waals surface area contributed by atoms with Gasteiger partial charge in [-0.3, -0.25) is 9.89 Å². The van der Waals surface area contributed by atoms with Gasteiger partial charge in [-0.2, -0.15) is 5.10 Å². The third-order valence-corrected chi connectivity index (χ3v) is 4.33. The first kappa shape index (κ1) is 18.2. The van der Waals surface area contributed by atoms with Gasteiger partial charge in [0.25, 0.3) is 5.91 Å². The van der Waals surface area contributed by atoms with Crippen LogP contribution in [0.5, 0.6) is 5.75 Å². The minimum atomic E-state index is -0.988. The molecule has 0 atom stereocenters. The van der Waals surface area contributed by atoms with E-state index in [0.29, 0.717) is 36.2 Å². The number of nitrogens with one attached hydrogen (secondary N) is 1. The summed E-state index contributed by atoms with van der Waals surface area (Å²) in [6, 6.07) is 13.3. The van der Waals surface area contributed by atoms with E-state index < -0.39 is 11.9 Å². The number of benzene rings is 2. The van der Waals surface area contributed by atoms with E-state index in [2.05, 4.69) is 10.2 Å². The van der Waals surface area contributed by atoms with Crippen LogP contribution in [0.1, 0.15) is 43.2 Å². The van der Waals surface area contributed by atoms with E-state index in [-0.39, 0.29) is 11.3 Å². The summed E-state index contributed by atoms with van der Waals surface area (Å²) in [6.07, 6.45) is 1.57. The summed E-state index contributed by atoms with van der Waals surface area (Å²) in [5.74, 6) is -1.34. The molecule has 1 heterocycles. The number of rotatable bonds is 7. The van der Waals surface area contributed by atoms with Crippen molar-refractivity contribution in [2.24, 2.45) is 5.73 Å². The summed E-state index contributed by atoms with van der Waals surface area (Å²) < 4.78 is 0. The lowest BCUT2D eigenvalue weighted by Gasteiger charge is -2.04. The number of hydrogen-bond donors (Lipinski definition) is 4. The van der Waals surface area contributed by atoms with E-state index in [1.165, 1.54) is 12.1 Å². The molecular weight excluding hydrogens is 346 g/mol. The van der Waals surface area contributed by atoms with Gasteiger partial charge < -0.3 is 15.9 Å². The molecule has 2 aromatic carbocycles. The molecule has 1 amide bonds. The zero-order chi connectivity index (χ0) is 19.4. The van der Waals surface area contributed by atoms with Crippen molar-refractivity contribution in [1.29, 1.82) is 0 Å². The zero-order valence-corrected chi connectivity index (χ0v) is 14.5. The van der Waals surface area contributed by atoms with Crippen LogP contribution in [0, 0.1) is 0 Å². The number of aromatic amines is 1. The quantitative estimate of drug-likeness (QED) is 0.510. The number of aromatic carboxylic acids is 1. The number of phenols is 1. The summed E-state index contributed by atoms with van der Waals surface area (Å²) in [5.41, 5.74) is 9.18. The molecule has 27 heavy (non-hydrogen) atoms. The number of carboxylic acids is 1. The molecule has 0 aliphatic carbocycles. The number of nitrogens with zero attached hydrogens (tertiary/aromatic N) is 1. The van der Waals surface area contributed by atoms with Gasteiger partial charge in [0.1, 0.15) is 5.75 Å². The van der Waals surface area contributed by atoms with Crippen LogP contribution in [0.2, 0.25) is 0 Å². The molecule has 1 aromatic heterocycles. The smallest absolute Gasteiger partial charge is 0.335 e. The van der Waals surface area contributed by atoms with Crippen molar-refractivity contribution < 1.29 is 19.8 Å². The standard InChI is InChI=1S/C20H19N3O4/c21-19(25)18-16(10-5-12-3-8-15(24)9-4-12)22-23-17(18)11-13-1-6-14(7-2-13)20(26)27/h1-4,6-9,24H,5,10-11H2,(H2,21,25)(H,22,23)(H,26,27). The van der Waals surface area contributed by atoms with Gasteiger partial charge in [0.05, 0.1) is 22.5 Å². The first-order valence-corrected chi connectivity index (χ1v) is 8.40.